The van der Waals surface area contributed by atoms with Gasteiger partial charge in [-0.05, 0) is 6.07 Å². The number of para-hydroxylation sites is 1. The van der Waals surface area contributed by atoms with Gasteiger partial charge in [-0.15, -0.1) is 0 Å². The molecule has 0 N–H and O–H groups in total. The molecule has 1 aromatic carbocycles. The molecule has 0 spiro atoms. The van der Waals surface area contributed by atoms with Crippen LogP contribution in [0.3, 0.4) is 0 Å². The van der Waals surface area contributed by atoms with Crippen LogP contribution in [0.5, 0.6) is 5.75 Å². The fourth-order valence-electron chi connectivity index (χ4n) is 1.48. The van der Waals surface area contributed by atoms with Crippen LogP contribution in [0.2, 0.25) is 0 Å². The molecule has 0 aliphatic carbocycles. The summed E-state index contributed by atoms with van der Waals surface area (Å²) in [4.78, 5) is 10.8. The van der Waals surface area contributed by atoms with Crippen LogP contribution in [-0.2, 0) is 14.6 Å². The van der Waals surface area contributed by atoms with Crippen molar-refractivity contribution in [2.75, 3.05) is 13.4 Å². The van der Waals surface area contributed by atoms with Gasteiger partial charge in [-0.2, -0.15) is 0 Å². The van der Waals surface area contributed by atoms with Crippen molar-refractivity contribution in [3.8, 4) is 5.75 Å². The molecular weight excluding hydrogens is 228 g/mol. The summed E-state index contributed by atoms with van der Waals surface area (Å²) in [5, 5.41) is 0. The highest BCUT2D eigenvalue weighted by Gasteiger charge is 2.19. The van der Waals surface area contributed by atoms with Gasteiger partial charge in [0.25, 0.3) is 0 Å². The first-order chi connectivity index (χ1) is 7.41. The molecule has 1 atom stereocenters. The summed E-state index contributed by atoms with van der Waals surface area (Å²) in [5.74, 6) is -0.138. The minimum Gasteiger partial charge on any atom is -0.495 e. The Balaban J connectivity index is 3.50. The van der Waals surface area contributed by atoms with Crippen LogP contribution in [-0.4, -0.2) is 28.1 Å². The average molecular weight is 242 g/mol. The average Bonchev–Trinajstić information content (AvgIpc) is 2.25. The third-order valence-electron chi connectivity index (χ3n) is 2.31. The van der Waals surface area contributed by atoms with Gasteiger partial charge < -0.3 is 9.53 Å². The second kappa shape index (κ2) is 4.65. The van der Waals surface area contributed by atoms with Crippen molar-refractivity contribution in [2.24, 2.45) is 0 Å². The summed E-state index contributed by atoms with van der Waals surface area (Å²) < 4.78 is 28.1. The SMILES string of the molecule is COc1c(C(C)C=O)cccc1S(C)(=O)=O. The maximum absolute atomic E-state index is 11.5. The van der Waals surface area contributed by atoms with Crippen molar-refractivity contribution in [1.82, 2.24) is 0 Å². The molecule has 88 valence electrons. The fraction of sp³-hybridized carbons (Fsp3) is 0.364. The smallest absolute Gasteiger partial charge is 0.179 e. The van der Waals surface area contributed by atoms with Crippen molar-refractivity contribution in [3.63, 3.8) is 0 Å². The summed E-state index contributed by atoms with van der Waals surface area (Å²) in [5.41, 5.74) is 0.584. The Morgan fingerprint density at radius 1 is 1.38 bits per heavy atom. The zero-order valence-electron chi connectivity index (χ0n) is 9.43. The molecule has 1 aromatic rings. The highest BCUT2D eigenvalue weighted by atomic mass is 32.2. The molecular formula is C11H14O4S. The molecule has 16 heavy (non-hydrogen) atoms. The standard InChI is InChI=1S/C11H14O4S/c1-8(7-12)9-5-4-6-10(11(9)15-2)16(3,13)14/h4-8H,1-3H3. The molecule has 0 heterocycles. The number of hydrogen-bond acceptors (Lipinski definition) is 4. The minimum absolute atomic E-state index is 0.112. The Morgan fingerprint density at radius 2 is 2.00 bits per heavy atom. The number of aldehydes is 1. The van der Waals surface area contributed by atoms with E-state index in [1.165, 1.54) is 13.2 Å². The number of rotatable bonds is 4. The van der Waals surface area contributed by atoms with E-state index in [4.69, 9.17) is 4.74 Å². The van der Waals surface area contributed by atoms with Crippen molar-refractivity contribution < 1.29 is 17.9 Å². The van der Waals surface area contributed by atoms with Crippen LogP contribution < -0.4 is 4.74 Å². The summed E-state index contributed by atoms with van der Waals surface area (Å²) in [6, 6.07) is 4.76. The molecule has 0 radical (unpaired) electrons. The lowest BCUT2D eigenvalue weighted by molar-refractivity contribution is -0.108. The molecule has 0 amide bonds. The number of hydrogen-bond donors (Lipinski definition) is 0. The number of methoxy groups -OCH3 is 1. The van der Waals surface area contributed by atoms with Crippen LogP contribution in [0.15, 0.2) is 23.1 Å². The maximum Gasteiger partial charge on any atom is 0.179 e. The first kappa shape index (κ1) is 12.7. The van der Waals surface area contributed by atoms with E-state index in [-0.39, 0.29) is 10.6 Å². The number of sulfone groups is 1. The van der Waals surface area contributed by atoms with Gasteiger partial charge >= 0.3 is 0 Å². The Kier molecular flexibility index (Phi) is 3.70. The van der Waals surface area contributed by atoms with Crippen LogP contribution in [0.25, 0.3) is 0 Å². The third kappa shape index (κ3) is 2.41. The Hall–Kier alpha value is -1.36. The zero-order valence-corrected chi connectivity index (χ0v) is 10.2. The van der Waals surface area contributed by atoms with Crippen LogP contribution in [0, 0.1) is 0 Å². The molecule has 0 aliphatic heterocycles. The second-order valence-corrected chi connectivity index (χ2v) is 5.56. The van der Waals surface area contributed by atoms with Crippen LogP contribution in [0.4, 0.5) is 0 Å². The zero-order chi connectivity index (χ0) is 12.3. The highest BCUT2D eigenvalue weighted by Crippen LogP contribution is 2.32. The molecule has 1 rings (SSSR count). The monoisotopic (exact) mass is 242 g/mol. The van der Waals surface area contributed by atoms with Crippen molar-refractivity contribution in [3.05, 3.63) is 23.8 Å². The molecule has 0 aromatic heterocycles. The normalized spacial score (nSPS) is 13.2. The van der Waals surface area contributed by atoms with E-state index in [0.717, 1.165) is 12.5 Å². The quantitative estimate of drug-likeness (QED) is 0.749. The lowest BCUT2D eigenvalue weighted by atomic mass is 10.0. The van der Waals surface area contributed by atoms with Gasteiger partial charge in [0.05, 0.1) is 7.11 Å². The molecule has 0 saturated heterocycles. The molecule has 0 saturated carbocycles. The molecule has 0 aliphatic rings. The van der Waals surface area contributed by atoms with Gasteiger partial charge in [-0.25, -0.2) is 8.42 Å². The Labute approximate surface area is 95.2 Å². The van der Waals surface area contributed by atoms with Gasteiger partial charge in [0.15, 0.2) is 9.84 Å². The largest absolute Gasteiger partial charge is 0.495 e. The van der Waals surface area contributed by atoms with E-state index < -0.39 is 15.8 Å². The second-order valence-electron chi connectivity index (χ2n) is 3.58. The highest BCUT2D eigenvalue weighted by molar-refractivity contribution is 7.90. The number of benzene rings is 1. The van der Waals surface area contributed by atoms with E-state index in [9.17, 15) is 13.2 Å². The van der Waals surface area contributed by atoms with Gasteiger partial charge in [0, 0.05) is 17.7 Å². The topological polar surface area (TPSA) is 60.4 Å². The Bertz CT molecular complexity index is 491. The number of carbonyl (C=O) groups is 1. The van der Waals surface area contributed by atoms with E-state index in [1.54, 1.807) is 19.1 Å². The summed E-state index contributed by atoms with van der Waals surface area (Å²) in [6.07, 6.45) is 1.87. The number of carbonyl (C=O) groups excluding carboxylic acids is 1. The van der Waals surface area contributed by atoms with E-state index in [2.05, 4.69) is 0 Å². The predicted molar refractivity (Wildman–Crippen MR) is 60.6 cm³/mol. The van der Waals surface area contributed by atoms with E-state index in [0.29, 0.717) is 5.56 Å². The summed E-state index contributed by atoms with van der Waals surface area (Å²) >= 11 is 0. The molecule has 4 nitrogen and oxygen atoms in total. The Morgan fingerprint density at radius 3 is 2.44 bits per heavy atom. The van der Waals surface area contributed by atoms with E-state index in [1.807, 2.05) is 0 Å². The molecule has 0 fully saturated rings. The van der Waals surface area contributed by atoms with Crippen LogP contribution in [0.1, 0.15) is 18.4 Å². The van der Waals surface area contributed by atoms with E-state index >= 15 is 0 Å². The number of ether oxygens (including phenoxy) is 1. The minimum atomic E-state index is -3.35. The van der Waals surface area contributed by atoms with Gasteiger partial charge in [0.1, 0.15) is 16.9 Å². The summed E-state index contributed by atoms with van der Waals surface area (Å²) in [6.45, 7) is 1.69. The molecule has 1 unspecified atom stereocenters. The van der Waals surface area contributed by atoms with Crippen LogP contribution >= 0.6 is 0 Å². The van der Waals surface area contributed by atoms with Gasteiger partial charge in [0.2, 0.25) is 0 Å². The van der Waals surface area contributed by atoms with Crippen molar-refractivity contribution in [2.45, 2.75) is 17.7 Å². The molecule has 0 bridgehead atoms. The van der Waals surface area contributed by atoms with Crippen molar-refractivity contribution in [1.29, 1.82) is 0 Å². The third-order valence-corrected chi connectivity index (χ3v) is 3.43. The van der Waals surface area contributed by atoms with Crippen molar-refractivity contribution >= 4 is 16.1 Å². The first-order valence-corrected chi connectivity index (χ1v) is 6.63. The molecule has 5 heteroatoms. The van der Waals surface area contributed by atoms with Gasteiger partial charge in [-0.1, -0.05) is 19.1 Å². The predicted octanol–water partition coefficient (Wildman–Crippen LogP) is 1.40. The maximum atomic E-state index is 11.5. The lowest BCUT2D eigenvalue weighted by Crippen LogP contribution is -2.05. The lowest BCUT2D eigenvalue weighted by Gasteiger charge is -2.13. The summed E-state index contributed by atoms with van der Waals surface area (Å²) in [7, 11) is -1.96. The fourth-order valence-corrected chi connectivity index (χ4v) is 2.34. The first-order valence-electron chi connectivity index (χ1n) is 4.74. The van der Waals surface area contributed by atoms with Gasteiger partial charge in [-0.3, -0.25) is 0 Å².